The molecule has 0 atom stereocenters. The lowest BCUT2D eigenvalue weighted by Gasteiger charge is -2.32. The molecule has 1 saturated heterocycles. The normalized spacial score (nSPS) is 14.5. The standard InChI is InChI=1S/C21H19Cl2N5O2/c22-16-9-15(10-17(23)11-16)20(29)26-18-3-1-14(2-4-18)21(30)27-7-5-19(6-8-27)28-13-24-12-25-28/h1-4,9-13,19H,5-8H2,(H,26,29). The summed E-state index contributed by atoms with van der Waals surface area (Å²) in [6.07, 6.45) is 4.92. The van der Waals surface area contributed by atoms with Crippen LogP contribution in [0.3, 0.4) is 0 Å². The maximum atomic E-state index is 12.8. The average molecular weight is 444 g/mol. The molecule has 1 aromatic heterocycles. The lowest BCUT2D eigenvalue weighted by molar-refractivity contribution is 0.0689. The molecule has 0 aliphatic carbocycles. The maximum absolute atomic E-state index is 12.8. The molecule has 0 spiro atoms. The number of piperidine rings is 1. The van der Waals surface area contributed by atoms with Gasteiger partial charge in [-0.15, -0.1) is 0 Å². The van der Waals surface area contributed by atoms with Crippen LogP contribution < -0.4 is 5.32 Å². The Bertz CT molecular complexity index is 1030. The monoisotopic (exact) mass is 443 g/mol. The number of halogens is 2. The van der Waals surface area contributed by atoms with Crippen molar-refractivity contribution in [1.29, 1.82) is 0 Å². The Labute approximate surface area is 183 Å². The highest BCUT2D eigenvalue weighted by Crippen LogP contribution is 2.23. The maximum Gasteiger partial charge on any atom is 0.255 e. The molecule has 1 fully saturated rings. The van der Waals surface area contributed by atoms with Gasteiger partial charge in [0.15, 0.2) is 0 Å². The molecule has 2 amide bonds. The molecule has 2 heterocycles. The van der Waals surface area contributed by atoms with E-state index in [4.69, 9.17) is 23.2 Å². The Morgan fingerprint density at radius 3 is 2.23 bits per heavy atom. The molecular formula is C21H19Cl2N5O2. The molecule has 4 rings (SSSR count). The number of benzene rings is 2. The second-order valence-electron chi connectivity index (χ2n) is 7.09. The van der Waals surface area contributed by atoms with Gasteiger partial charge >= 0.3 is 0 Å². The van der Waals surface area contributed by atoms with Crippen LogP contribution in [-0.2, 0) is 0 Å². The summed E-state index contributed by atoms with van der Waals surface area (Å²) in [6.45, 7) is 1.33. The number of amides is 2. The molecule has 1 aliphatic heterocycles. The smallest absolute Gasteiger partial charge is 0.255 e. The molecule has 1 aliphatic rings. The summed E-state index contributed by atoms with van der Waals surface area (Å²) in [5.41, 5.74) is 1.53. The van der Waals surface area contributed by atoms with Gasteiger partial charge < -0.3 is 10.2 Å². The van der Waals surface area contributed by atoms with Gasteiger partial charge in [0.2, 0.25) is 0 Å². The minimum atomic E-state index is -0.325. The molecule has 1 N–H and O–H groups in total. The third kappa shape index (κ3) is 4.63. The summed E-state index contributed by atoms with van der Waals surface area (Å²) < 4.78 is 1.85. The van der Waals surface area contributed by atoms with Crippen molar-refractivity contribution >= 4 is 40.7 Å². The number of aromatic nitrogens is 3. The first-order chi connectivity index (χ1) is 14.5. The number of nitrogens with one attached hydrogen (secondary N) is 1. The lowest BCUT2D eigenvalue weighted by atomic mass is 10.0. The Hall–Kier alpha value is -2.90. The van der Waals surface area contributed by atoms with Gasteiger partial charge in [-0.2, -0.15) is 5.10 Å². The zero-order valence-electron chi connectivity index (χ0n) is 16.0. The second-order valence-corrected chi connectivity index (χ2v) is 7.96. The van der Waals surface area contributed by atoms with Crippen LogP contribution in [-0.4, -0.2) is 44.6 Å². The molecule has 0 saturated carbocycles. The lowest BCUT2D eigenvalue weighted by Crippen LogP contribution is -2.39. The molecule has 30 heavy (non-hydrogen) atoms. The topological polar surface area (TPSA) is 80.1 Å². The van der Waals surface area contributed by atoms with Crippen LogP contribution in [0.2, 0.25) is 10.0 Å². The van der Waals surface area contributed by atoms with E-state index in [9.17, 15) is 9.59 Å². The fraction of sp³-hybridized carbons (Fsp3) is 0.238. The summed E-state index contributed by atoms with van der Waals surface area (Å²) in [5, 5.41) is 7.75. The third-order valence-electron chi connectivity index (χ3n) is 5.08. The van der Waals surface area contributed by atoms with E-state index in [1.807, 2.05) is 9.58 Å². The van der Waals surface area contributed by atoms with Crippen molar-refractivity contribution < 1.29 is 9.59 Å². The van der Waals surface area contributed by atoms with Crippen LogP contribution >= 0.6 is 23.2 Å². The molecule has 7 nitrogen and oxygen atoms in total. The van der Waals surface area contributed by atoms with Gasteiger partial charge in [-0.3, -0.25) is 9.59 Å². The number of likely N-dealkylation sites (tertiary alicyclic amines) is 1. The first-order valence-electron chi connectivity index (χ1n) is 9.50. The van der Waals surface area contributed by atoms with Crippen molar-refractivity contribution in [3.63, 3.8) is 0 Å². The van der Waals surface area contributed by atoms with Crippen LogP contribution in [0.1, 0.15) is 39.6 Å². The first-order valence-corrected chi connectivity index (χ1v) is 10.3. The number of nitrogens with zero attached hydrogens (tertiary/aromatic N) is 4. The van der Waals surface area contributed by atoms with Gasteiger partial charge in [-0.05, 0) is 55.3 Å². The van der Waals surface area contributed by atoms with Gasteiger partial charge in [0.25, 0.3) is 11.8 Å². The third-order valence-corrected chi connectivity index (χ3v) is 5.51. The van der Waals surface area contributed by atoms with E-state index in [1.54, 1.807) is 48.8 Å². The van der Waals surface area contributed by atoms with Crippen molar-refractivity contribution in [3.8, 4) is 0 Å². The number of carbonyl (C=O) groups is 2. The first kappa shape index (κ1) is 20.4. The number of anilines is 1. The quantitative estimate of drug-likeness (QED) is 0.650. The molecule has 154 valence electrons. The summed E-state index contributed by atoms with van der Waals surface area (Å²) in [5.74, 6) is -0.347. The van der Waals surface area contributed by atoms with Crippen LogP contribution in [0.15, 0.2) is 55.1 Å². The molecule has 2 aromatic carbocycles. The minimum absolute atomic E-state index is 0.0217. The minimum Gasteiger partial charge on any atom is -0.338 e. The Kier molecular flexibility index (Phi) is 6.01. The summed E-state index contributed by atoms with van der Waals surface area (Å²) in [4.78, 5) is 31.0. The van der Waals surface area contributed by atoms with Crippen LogP contribution in [0.25, 0.3) is 0 Å². The van der Waals surface area contributed by atoms with Gasteiger partial charge in [0.05, 0.1) is 6.04 Å². The fourth-order valence-electron chi connectivity index (χ4n) is 3.51. The van der Waals surface area contributed by atoms with E-state index in [-0.39, 0.29) is 17.9 Å². The zero-order chi connectivity index (χ0) is 21.1. The Morgan fingerprint density at radius 2 is 1.63 bits per heavy atom. The molecule has 0 unspecified atom stereocenters. The van der Waals surface area contributed by atoms with E-state index >= 15 is 0 Å². The molecule has 0 radical (unpaired) electrons. The summed E-state index contributed by atoms with van der Waals surface area (Å²) >= 11 is 11.9. The largest absolute Gasteiger partial charge is 0.338 e. The highest BCUT2D eigenvalue weighted by atomic mass is 35.5. The van der Waals surface area contributed by atoms with Crippen molar-refractivity contribution in [3.05, 3.63) is 76.3 Å². The van der Waals surface area contributed by atoms with E-state index in [2.05, 4.69) is 15.4 Å². The van der Waals surface area contributed by atoms with Gasteiger partial charge in [-0.25, -0.2) is 9.67 Å². The number of rotatable bonds is 4. The summed E-state index contributed by atoms with van der Waals surface area (Å²) in [7, 11) is 0. The predicted octanol–water partition coefficient (Wildman–Crippen LogP) is 4.31. The average Bonchev–Trinajstić information content (AvgIpc) is 3.28. The van der Waals surface area contributed by atoms with E-state index in [0.717, 1.165) is 12.8 Å². The molecular weight excluding hydrogens is 425 g/mol. The summed E-state index contributed by atoms with van der Waals surface area (Å²) in [6, 6.07) is 11.8. The Balaban J connectivity index is 1.36. The number of carbonyl (C=O) groups excluding carboxylic acids is 2. The molecule has 3 aromatic rings. The molecule has 0 bridgehead atoms. The fourth-order valence-corrected chi connectivity index (χ4v) is 4.03. The van der Waals surface area contributed by atoms with E-state index in [0.29, 0.717) is 39.9 Å². The van der Waals surface area contributed by atoms with E-state index < -0.39 is 0 Å². The van der Waals surface area contributed by atoms with Crippen molar-refractivity contribution in [2.75, 3.05) is 18.4 Å². The zero-order valence-corrected chi connectivity index (χ0v) is 17.5. The van der Waals surface area contributed by atoms with Crippen molar-refractivity contribution in [1.82, 2.24) is 19.7 Å². The van der Waals surface area contributed by atoms with Crippen LogP contribution in [0.5, 0.6) is 0 Å². The van der Waals surface area contributed by atoms with Crippen LogP contribution in [0.4, 0.5) is 5.69 Å². The second kappa shape index (κ2) is 8.85. The molecule has 9 heteroatoms. The SMILES string of the molecule is O=C(Nc1ccc(C(=O)N2CCC(n3cncn3)CC2)cc1)c1cc(Cl)cc(Cl)c1. The van der Waals surface area contributed by atoms with Gasteiger partial charge in [0, 0.05) is 39.9 Å². The number of hydrogen-bond donors (Lipinski definition) is 1. The highest BCUT2D eigenvalue weighted by molar-refractivity contribution is 6.35. The Morgan fingerprint density at radius 1 is 0.967 bits per heavy atom. The van der Waals surface area contributed by atoms with Crippen molar-refractivity contribution in [2.45, 2.75) is 18.9 Å². The van der Waals surface area contributed by atoms with Crippen LogP contribution in [0, 0.1) is 0 Å². The van der Waals surface area contributed by atoms with E-state index in [1.165, 1.54) is 6.33 Å². The van der Waals surface area contributed by atoms with Gasteiger partial charge in [-0.1, -0.05) is 23.2 Å². The predicted molar refractivity (Wildman–Crippen MR) is 115 cm³/mol. The highest BCUT2D eigenvalue weighted by Gasteiger charge is 2.25. The van der Waals surface area contributed by atoms with Gasteiger partial charge in [0.1, 0.15) is 12.7 Å². The van der Waals surface area contributed by atoms with Crippen molar-refractivity contribution in [2.24, 2.45) is 0 Å². The number of hydrogen-bond acceptors (Lipinski definition) is 4.